The third kappa shape index (κ3) is 1.80. The molecule has 0 atom stereocenters. The van der Waals surface area contributed by atoms with Crippen molar-refractivity contribution in [3.05, 3.63) is 0 Å². The topological polar surface area (TPSA) is 66.4 Å². The zero-order chi connectivity index (χ0) is 14.0. The molecule has 4 heteroatoms. The van der Waals surface area contributed by atoms with Crippen LogP contribution in [0.3, 0.4) is 0 Å². The molecule has 4 nitrogen and oxygen atoms in total. The van der Waals surface area contributed by atoms with Gasteiger partial charge in [0.15, 0.2) is 0 Å². The number of amides is 1. The van der Waals surface area contributed by atoms with E-state index in [-0.39, 0.29) is 11.3 Å². The monoisotopic (exact) mass is 277 g/mol. The zero-order valence-electron chi connectivity index (χ0n) is 11.9. The Balaban J connectivity index is 1.45. The maximum absolute atomic E-state index is 12.7. The Morgan fingerprint density at radius 3 is 1.90 bits per heavy atom. The van der Waals surface area contributed by atoms with Crippen molar-refractivity contribution in [3.63, 3.8) is 0 Å². The number of hydrogen-bond acceptors (Lipinski definition) is 2. The summed E-state index contributed by atoms with van der Waals surface area (Å²) in [4.78, 5) is 23.9. The lowest BCUT2D eigenvalue weighted by Crippen LogP contribution is -2.54. The SMILES string of the molecule is O=C(O)C1(CNC(=O)C23CC4CC(CC(C4)C2)C3)CC1. The number of aliphatic carboxylic acids is 1. The van der Waals surface area contributed by atoms with Gasteiger partial charge in [0.25, 0.3) is 0 Å². The van der Waals surface area contributed by atoms with Crippen LogP contribution in [0.15, 0.2) is 0 Å². The Morgan fingerprint density at radius 1 is 1.00 bits per heavy atom. The summed E-state index contributed by atoms with van der Waals surface area (Å²) in [5.74, 6) is 1.66. The van der Waals surface area contributed by atoms with Gasteiger partial charge in [0.05, 0.1) is 5.41 Å². The molecule has 2 N–H and O–H groups in total. The maximum Gasteiger partial charge on any atom is 0.311 e. The van der Waals surface area contributed by atoms with E-state index in [2.05, 4.69) is 5.32 Å². The van der Waals surface area contributed by atoms with Gasteiger partial charge < -0.3 is 10.4 Å². The molecule has 5 aliphatic carbocycles. The summed E-state index contributed by atoms with van der Waals surface area (Å²) in [6.45, 7) is 0.336. The molecule has 0 aliphatic heterocycles. The average Bonchev–Trinajstić information content (AvgIpc) is 3.15. The zero-order valence-corrected chi connectivity index (χ0v) is 11.9. The van der Waals surface area contributed by atoms with Gasteiger partial charge in [-0.15, -0.1) is 0 Å². The van der Waals surface area contributed by atoms with Crippen LogP contribution in [0.1, 0.15) is 51.4 Å². The van der Waals surface area contributed by atoms with E-state index in [0.717, 1.165) is 37.0 Å². The lowest BCUT2D eigenvalue weighted by atomic mass is 9.49. The van der Waals surface area contributed by atoms with Crippen LogP contribution in [0.4, 0.5) is 0 Å². The molecule has 0 saturated heterocycles. The number of carboxylic acids is 1. The molecular formula is C16H23NO3. The number of rotatable bonds is 4. The summed E-state index contributed by atoms with van der Waals surface area (Å²) in [5.41, 5.74) is -0.790. The molecule has 0 heterocycles. The average molecular weight is 277 g/mol. The van der Waals surface area contributed by atoms with E-state index in [4.69, 9.17) is 0 Å². The van der Waals surface area contributed by atoms with Crippen molar-refractivity contribution in [2.45, 2.75) is 51.4 Å². The molecule has 5 aliphatic rings. The van der Waals surface area contributed by atoms with Crippen molar-refractivity contribution >= 4 is 11.9 Å². The highest BCUT2D eigenvalue weighted by Gasteiger charge is 2.56. The Hall–Kier alpha value is -1.06. The van der Waals surface area contributed by atoms with E-state index in [1.54, 1.807) is 0 Å². The fraction of sp³-hybridized carbons (Fsp3) is 0.875. The normalized spacial score (nSPS) is 43.3. The molecule has 110 valence electrons. The highest BCUT2D eigenvalue weighted by Crippen LogP contribution is 2.60. The van der Waals surface area contributed by atoms with Crippen LogP contribution in [-0.4, -0.2) is 23.5 Å². The Bertz CT molecular complexity index is 431. The highest BCUT2D eigenvalue weighted by atomic mass is 16.4. The van der Waals surface area contributed by atoms with Gasteiger partial charge >= 0.3 is 5.97 Å². The molecule has 20 heavy (non-hydrogen) atoms. The van der Waals surface area contributed by atoms with Crippen LogP contribution < -0.4 is 5.32 Å². The van der Waals surface area contributed by atoms with Crippen molar-refractivity contribution in [2.24, 2.45) is 28.6 Å². The van der Waals surface area contributed by atoms with Crippen molar-refractivity contribution in [1.82, 2.24) is 5.32 Å². The Kier molecular flexibility index (Phi) is 2.52. The van der Waals surface area contributed by atoms with Gasteiger partial charge in [0.1, 0.15) is 0 Å². The quantitative estimate of drug-likeness (QED) is 0.827. The summed E-state index contributed by atoms with van der Waals surface area (Å²) in [5, 5.41) is 12.2. The second-order valence-electron chi connectivity index (χ2n) is 7.97. The van der Waals surface area contributed by atoms with Gasteiger partial charge in [-0.05, 0) is 69.1 Å². The smallest absolute Gasteiger partial charge is 0.311 e. The van der Waals surface area contributed by atoms with E-state index >= 15 is 0 Å². The fourth-order valence-electron chi connectivity index (χ4n) is 5.44. The van der Waals surface area contributed by atoms with Crippen LogP contribution in [0.2, 0.25) is 0 Å². The van der Waals surface area contributed by atoms with E-state index in [1.807, 2.05) is 0 Å². The lowest BCUT2D eigenvalue weighted by molar-refractivity contribution is -0.148. The maximum atomic E-state index is 12.7. The first kappa shape index (κ1) is 12.7. The van der Waals surface area contributed by atoms with Crippen molar-refractivity contribution in [1.29, 1.82) is 0 Å². The molecule has 1 amide bonds. The van der Waals surface area contributed by atoms with Gasteiger partial charge in [0, 0.05) is 12.0 Å². The minimum Gasteiger partial charge on any atom is -0.481 e. The van der Waals surface area contributed by atoms with Gasteiger partial charge in [-0.1, -0.05) is 0 Å². The third-order valence-corrected chi connectivity index (χ3v) is 6.41. The number of hydrogen-bond donors (Lipinski definition) is 2. The van der Waals surface area contributed by atoms with Gasteiger partial charge in [-0.2, -0.15) is 0 Å². The standard InChI is InChI=1S/C16H23NO3/c18-13(17-9-15(1-2-15)14(19)20)16-6-10-3-11(7-16)5-12(4-10)8-16/h10-12H,1-9H2,(H,17,18)(H,19,20). The van der Waals surface area contributed by atoms with E-state index in [9.17, 15) is 14.7 Å². The fourth-order valence-corrected chi connectivity index (χ4v) is 5.44. The molecule has 0 aromatic carbocycles. The summed E-state index contributed by atoms with van der Waals surface area (Å²) in [6, 6.07) is 0. The van der Waals surface area contributed by atoms with Gasteiger partial charge in [-0.3, -0.25) is 9.59 Å². The second kappa shape index (κ2) is 3.99. The molecule has 0 aromatic heterocycles. The van der Waals surface area contributed by atoms with Crippen molar-refractivity contribution < 1.29 is 14.7 Å². The van der Waals surface area contributed by atoms with E-state index in [0.29, 0.717) is 19.4 Å². The third-order valence-electron chi connectivity index (χ3n) is 6.41. The molecule has 0 spiro atoms. The van der Waals surface area contributed by atoms with E-state index < -0.39 is 11.4 Å². The molecule has 0 radical (unpaired) electrons. The molecule has 5 rings (SSSR count). The second-order valence-corrected chi connectivity index (χ2v) is 7.97. The summed E-state index contributed by atoms with van der Waals surface area (Å²) < 4.78 is 0. The number of carboxylic acid groups (broad SMARTS) is 1. The molecule has 5 saturated carbocycles. The van der Waals surface area contributed by atoms with Crippen molar-refractivity contribution in [2.75, 3.05) is 6.54 Å². The van der Waals surface area contributed by atoms with Crippen LogP contribution in [0.25, 0.3) is 0 Å². The first-order valence-electron chi connectivity index (χ1n) is 8.03. The predicted molar refractivity (Wildman–Crippen MR) is 72.9 cm³/mol. The van der Waals surface area contributed by atoms with Crippen LogP contribution >= 0.6 is 0 Å². The first-order chi connectivity index (χ1) is 9.51. The highest BCUT2D eigenvalue weighted by molar-refractivity contribution is 5.85. The predicted octanol–water partition coefficient (Wildman–Crippen LogP) is 2.18. The minimum atomic E-state index is -0.747. The minimum absolute atomic E-state index is 0.149. The number of nitrogens with one attached hydrogen (secondary N) is 1. The first-order valence-corrected chi connectivity index (χ1v) is 8.03. The summed E-state index contributed by atoms with van der Waals surface area (Å²) in [7, 11) is 0. The van der Waals surface area contributed by atoms with Crippen LogP contribution in [0.5, 0.6) is 0 Å². The lowest BCUT2D eigenvalue weighted by Gasteiger charge is -2.55. The molecule has 4 bridgehead atoms. The molecule has 0 unspecified atom stereocenters. The van der Waals surface area contributed by atoms with Crippen molar-refractivity contribution in [3.8, 4) is 0 Å². The summed E-state index contributed by atoms with van der Waals surface area (Å²) in [6.07, 6.45) is 8.54. The largest absolute Gasteiger partial charge is 0.481 e. The molecule has 5 fully saturated rings. The van der Waals surface area contributed by atoms with E-state index in [1.165, 1.54) is 19.3 Å². The van der Waals surface area contributed by atoms with Crippen LogP contribution in [-0.2, 0) is 9.59 Å². The van der Waals surface area contributed by atoms with Gasteiger partial charge in [-0.25, -0.2) is 0 Å². The summed E-state index contributed by atoms with van der Waals surface area (Å²) >= 11 is 0. The number of carbonyl (C=O) groups is 2. The van der Waals surface area contributed by atoms with Crippen LogP contribution in [0, 0.1) is 28.6 Å². The Morgan fingerprint density at radius 2 is 1.50 bits per heavy atom. The van der Waals surface area contributed by atoms with Gasteiger partial charge in [0.2, 0.25) is 5.91 Å². The molecule has 0 aromatic rings. The number of carbonyl (C=O) groups excluding carboxylic acids is 1. The molecular weight excluding hydrogens is 254 g/mol. The Labute approximate surface area is 119 Å².